The van der Waals surface area contributed by atoms with E-state index in [9.17, 15) is 4.79 Å². The summed E-state index contributed by atoms with van der Waals surface area (Å²) in [7, 11) is 1.87. The number of benzene rings is 1. The lowest BCUT2D eigenvalue weighted by Gasteiger charge is -2.29. The number of carbonyl (C=O) groups excluding carboxylic acids is 1. The summed E-state index contributed by atoms with van der Waals surface area (Å²) in [5.74, 6) is 0.107. The predicted octanol–water partition coefficient (Wildman–Crippen LogP) is 1.23. The summed E-state index contributed by atoms with van der Waals surface area (Å²) < 4.78 is 5.39. The largest absolute Gasteiger partial charge is 0.378 e. The molecule has 2 aliphatic rings. The first-order valence-electron chi connectivity index (χ1n) is 8.14. The first kappa shape index (κ1) is 15.3. The topological polar surface area (TPSA) is 44.8 Å². The zero-order chi connectivity index (χ0) is 15.4. The van der Waals surface area contributed by atoms with Crippen LogP contribution in [0.5, 0.6) is 0 Å². The highest BCUT2D eigenvalue weighted by Gasteiger charge is 2.25. The average Bonchev–Trinajstić information content (AvgIpc) is 3.10. The lowest BCUT2D eigenvalue weighted by molar-refractivity contribution is -0.135. The van der Waals surface area contributed by atoms with Crippen molar-refractivity contribution in [1.29, 1.82) is 0 Å². The summed E-state index contributed by atoms with van der Waals surface area (Å²) in [5.41, 5.74) is 2.49. The Hall–Kier alpha value is -1.59. The van der Waals surface area contributed by atoms with Crippen LogP contribution >= 0.6 is 0 Å². The minimum atomic E-state index is -0.210. The Morgan fingerprint density at radius 3 is 2.86 bits per heavy atom. The highest BCUT2D eigenvalue weighted by atomic mass is 16.5. The number of morpholine rings is 1. The van der Waals surface area contributed by atoms with E-state index in [0.29, 0.717) is 19.8 Å². The fourth-order valence-corrected chi connectivity index (χ4v) is 3.23. The van der Waals surface area contributed by atoms with E-state index in [1.807, 2.05) is 7.05 Å². The quantitative estimate of drug-likeness (QED) is 0.909. The molecule has 0 aliphatic carbocycles. The highest BCUT2D eigenvalue weighted by Crippen LogP contribution is 2.25. The van der Waals surface area contributed by atoms with Gasteiger partial charge in [0.15, 0.2) is 0 Å². The number of nitrogens with zero attached hydrogens (tertiary/aromatic N) is 2. The first-order chi connectivity index (χ1) is 10.8. The van der Waals surface area contributed by atoms with Crippen LogP contribution in [0.25, 0.3) is 0 Å². The molecule has 5 heteroatoms. The zero-order valence-electron chi connectivity index (χ0n) is 13.3. The zero-order valence-corrected chi connectivity index (χ0v) is 13.3. The van der Waals surface area contributed by atoms with Gasteiger partial charge in [0.2, 0.25) is 5.91 Å². The fourth-order valence-electron chi connectivity index (χ4n) is 3.23. The maximum absolute atomic E-state index is 12.5. The van der Waals surface area contributed by atoms with Gasteiger partial charge in [-0.2, -0.15) is 0 Å². The molecule has 2 saturated heterocycles. The van der Waals surface area contributed by atoms with E-state index in [1.165, 1.54) is 24.1 Å². The number of hydrogen-bond donors (Lipinski definition) is 1. The maximum Gasteiger partial charge on any atom is 0.242 e. The van der Waals surface area contributed by atoms with Gasteiger partial charge in [-0.25, -0.2) is 0 Å². The van der Waals surface area contributed by atoms with Gasteiger partial charge < -0.3 is 19.9 Å². The van der Waals surface area contributed by atoms with Crippen molar-refractivity contribution < 1.29 is 9.53 Å². The van der Waals surface area contributed by atoms with E-state index in [0.717, 1.165) is 19.6 Å². The third-order valence-electron chi connectivity index (χ3n) is 4.44. The molecule has 2 fully saturated rings. The molecule has 0 radical (unpaired) electrons. The lowest BCUT2D eigenvalue weighted by atomic mass is 10.1. The Bertz CT molecular complexity index is 508. The monoisotopic (exact) mass is 303 g/mol. The normalized spacial score (nSPS) is 21.9. The molecule has 0 saturated carbocycles. The van der Waals surface area contributed by atoms with E-state index in [4.69, 9.17) is 4.74 Å². The summed E-state index contributed by atoms with van der Waals surface area (Å²) >= 11 is 0. The van der Waals surface area contributed by atoms with Crippen LogP contribution < -0.4 is 10.2 Å². The van der Waals surface area contributed by atoms with Gasteiger partial charge in [0.05, 0.1) is 13.2 Å². The third-order valence-corrected chi connectivity index (χ3v) is 4.44. The number of likely N-dealkylation sites (N-methyl/N-ethyl adjacent to an activating group) is 1. The summed E-state index contributed by atoms with van der Waals surface area (Å²) in [6.07, 6.45) is 2.51. The molecule has 0 spiro atoms. The van der Waals surface area contributed by atoms with Crippen molar-refractivity contribution in [3.05, 3.63) is 29.8 Å². The number of carbonyl (C=O) groups is 1. The number of hydrogen-bond acceptors (Lipinski definition) is 4. The number of rotatable bonds is 4. The van der Waals surface area contributed by atoms with Crippen LogP contribution in [0.15, 0.2) is 24.3 Å². The molecule has 0 aromatic heterocycles. The van der Waals surface area contributed by atoms with E-state index < -0.39 is 0 Å². The van der Waals surface area contributed by atoms with Crippen molar-refractivity contribution in [2.24, 2.45) is 0 Å². The van der Waals surface area contributed by atoms with Gasteiger partial charge in [0.1, 0.15) is 6.04 Å². The number of amides is 1. The van der Waals surface area contributed by atoms with Gasteiger partial charge in [0, 0.05) is 38.9 Å². The molecule has 2 aliphatic heterocycles. The van der Waals surface area contributed by atoms with Crippen molar-refractivity contribution in [1.82, 2.24) is 10.2 Å². The number of ether oxygens (including phenoxy) is 1. The summed E-state index contributed by atoms with van der Waals surface area (Å²) in [6.45, 7) is 4.78. The maximum atomic E-state index is 12.5. The summed E-state index contributed by atoms with van der Waals surface area (Å²) in [6, 6.07) is 8.21. The van der Waals surface area contributed by atoms with Gasteiger partial charge in [-0.05, 0) is 24.5 Å². The molecular weight excluding hydrogens is 278 g/mol. The van der Waals surface area contributed by atoms with Crippen molar-refractivity contribution in [2.75, 3.05) is 44.8 Å². The first-order valence-corrected chi connectivity index (χ1v) is 8.14. The summed E-state index contributed by atoms with van der Waals surface area (Å²) in [4.78, 5) is 16.7. The Balaban J connectivity index is 1.68. The van der Waals surface area contributed by atoms with Gasteiger partial charge in [-0.1, -0.05) is 18.2 Å². The molecule has 1 N–H and O–H groups in total. The van der Waals surface area contributed by atoms with E-state index in [-0.39, 0.29) is 11.9 Å². The smallest absolute Gasteiger partial charge is 0.242 e. The second-order valence-corrected chi connectivity index (χ2v) is 6.10. The SMILES string of the molecule is CN(Cc1ccccc1N1CCCC1)C(=O)[C@H]1COCCN1. The van der Waals surface area contributed by atoms with Gasteiger partial charge in [0.25, 0.3) is 0 Å². The Labute approximate surface area is 132 Å². The van der Waals surface area contributed by atoms with Crippen LogP contribution in [0.4, 0.5) is 5.69 Å². The molecule has 22 heavy (non-hydrogen) atoms. The van der Waals surface area contributed by atoms with Crippen LogP contribution in [-0.4, -0.2) is 56.7 Å². The van der Waals surface area contributed by atoms with Crippen LogP contribution in [0.1, 0.15) is 18.4 Å². The van der Waals surface area contributed by atoms with E-state index in [1.54, 1.807) is 4.90 Å². The Kier molecular flexibility index (Phi) is 4.95. The van der Waals surface area contributed by atoms with E-state index >= 15 is 0 Å². The molecule has 3 rings (SSSR count). The van der Waals surface area contributed by atoms with E-state index in [2.05, 4.69) is 34.5 Å². The second kappa shape index (κ2) is 7.11. The summed E-state index contributed by atoms with van der Waals surface area (Å²) in [5, 5.41) is 3.23. The molecule has 1 aromatic rings. The van der Waals surface area contributed by atoms with Crippen molar-refractivity contribution in [2.45, 2.75) is 25.4 Å². The molecule has 1 atom stereocenters. The average molecular weight is 303 g/mol. The van der Waals surface area contributed by atoms with Gasteiger partial charge >= 0.3 is 0 Å². The van der Waals surface area contributed by atoms with Crippen LogP contribution in [0.2, 0.25) is 0 Å². The number of nitrogens with one attached hydrogen (secondary N) is 1. The number of anilines is 1. The van der Waals surface area contributed by atoms with Crippen molar-refractivity contribution in [3.8, 4) is 0 Å². The molecule has 0 bridgehead atoms. The third kappa shape index (κ3) is 3.42. The standard InChI is InChI=1S/C17H25N3O2/c1-19(17(21)15-13-22-11-8-18-15)12-14-6-2-3-7-16(14)20-9-4-5-10-20/h2-3,6-7,15,18H,4-5,8-13H2,1H3/t15-/m1/s1. The highest BCUT2D eigenvalue weighted by molar-refractivity contribution is 5.82. The van der Waals surface area contributed by atoms with Gasteiger partial charge in [-0.15, -0.1) is 0 Å². The van der Waals surface area contributed by atoms with Crippen molar-refractivity contribution >= 4 is 11.6 Å². The van der Waals surface area contributed by atoms with Crippen LogP contribution in [-0.2, 0) is 16.1 Å². The predicted molar refractivity (Wildman–Crippen MR) is 87.0 cm³/mol. The Morgan fingerprint density at radius 1 is 1.36 bits per heavy atom. The molecule has 2 heterocycles. The Morgan fingerprint density at radius 2 is 2.14 bits per heavy atom. The minimum absolute atomic E-state index is 0.107. The molecule has 1 aromatic carbocycles. The van der Waals surface area contributed by atoms with Crippen LogP contribution in [0.3, 0.4) is 0 Å². The molecule has 5 nitrogen and oxygen atoms in total. The minimum Gasteiger partial charge on any atom is -0.378 e. The lowest BCUT2D eigenvalue weighted by Crippen LogP contribution is -2.51. The molecule has 120 valence electrons. The number of para-hydroxylation sites is 1. The second-order valence-electron chi connectivity index (χ2n) is 6.10. The van der Waals surface area contributed by atoms with Crippen molar-refractivity contribution in [3.63, 3.8) is 0 Å². The fraction of sp³-hybridized carbons (Fsp3) is 0.588. The van der Waals surface area contributed by atoms with Crippen LogP contribution in [0, 0.1) is 0 Å². The van der Waals surface area contributed by atoms with Gasteiger partial charge in [-0.3, -0.25) is 4.79 Å². The molecule has 1 amide bonds. The molecule has 0 unspecified atom stereocenters. The molecular formula is C17H25N3O2.